The third-order valence-electron chi connectivity index (χ3n) is 5.34. The van der Waals surface area contributed by atoms with Crippen molar-refractivity contribution in [3.05, 3.63) is 83.9 Å². The Morgan fingerprint density at radius 3 is 2.03 bits per heavy atom. The summed E-state index contributed by atoms with van der Waals surface area (Å²) >= 11 is 0. The number of alkyl halides is 3. The van der Waals surface area contributed by atoms with Crippen molar-refractivity contribution in [2.24, 2.45) is 0 Å². The summed E-state index contributed by atoms with van der Waals surface area (Å²) in [4.78, 5) is 26.3. The third-order valence-corrected chi connectivity index (χ3v) is 5.34. The van der Waals surface area contributed by atoms with Crippen LogP contribution >= 0.6 is 0 Å². The molecule has 184 valence electrons. The van der Waals surface area contributed by atoms with E-state index in [9.17, 15) is 22.8 Å². The number of benzene rings is 3. The number of amides is 1. The van der Waals surface area contributed by atoms with Gasteiger partial charge in [-0.2, -0.15) is 0 Å². The van der Waals surface area contributed by atoms with Crippen LogP contribution in [0.4, 0.5) is 18.9 Å². The molecule has 0 radical (unpaired) electrons. The molecule has 0 fully saturated rings. The average Bonchev–Trinajstić information content (AvgIpc) is 2.81. The van der Waals surface area contributed by atoms with Crippen molar-refractivity contribution in [3.8, 4) is 16.9 Å². The van der Waals surface area contributed by atoms with Gasteiger partial charge in [0.2, 0.25) is 0 Å². The van der Waals surface area contributed by atoms with E-state index in [4.69, 9.17) is 0 Å². The molecule has 3 aromatic carbocycles. The highest BCUT2D eigenvalue weighted by Gasteiger charge is 2.31. The second-order valence-electron chi connectivity index (χ2n) is 8.95. The van der Waals surface area contributed by atoms with Crippen molar-refractivity contribution in [2.75, 3.05) is 12.0 Å². The van der Waals surface area contributed by atoms with Crippen LogP contribution in [0.5, 0.6) is 5.75 Å². The Hall–Kier alpha value is -3.81. The van der Waals surface area contributed by atoms with Crippen LogP contribution in [0.15, 0.2) is 72.8 Å². The van der Waals surface area contributed by atoms with E-state index in [1.807, 2.05) is 24.3 Å². The highest BCUT2D eigenvalue weighted by Crippen LogP contribution is 2.30. The summed E-state index contributed by atoms with van der Waals surface area (Å²) in [6.07, 6.45) is -4.78. The second-order valence-corrected chi connectivity index (χ2v) is 8.95. The molecule has 0 bridgehead atoms. The average molecular weight is 486 g/mol. The largest absolute Gasteiger partial charge is 0.573 e. The molecule has 0 saturated carbocycles. The van der Waals surface area contributed by atoms with E-state index >= 15 is 0 Å². The van der Waals surface area contributed by atoms with Crippen molar-refractivity contribution in [1.82, 2.24) is 0 Å². The molecule has 0 aliphatic heterocycles. The summed E-state index contributed by atoms with van der Waals surface area (Å²) in [5.74, 6) is -2.17. The Balaban J connectivity index is 1.92. The van der Waals surface area contributed by atoms with E-state index in [1.165, 1.54) is 29.2 Å². The van der Waals surface area contributed by atoms with Crippen LogP contribution in [-0.4, -0.2) is 25.3 Å². The number of nitrogens with zero attached hydrogens (tertiary/aromatic N) is 1. The van der Waals surface area contributed by atoms with Gasteiger partial charge in [-0.3, -0.25) is 9.69 Å². The number of methoxy groups -OCH3 is 1. The SMILES string of the molecule is COC(=O)C(=O)N(Cc1ccc(C(C)(C)C)cc1)c1cccc(-c2ccc(OC(F)(F)F)cc2)c1. The van der Waals surface area contributed by atoms with Crippen LogP contribution in [0.2, 0.25) is 0 Å². The quantitative estimate of drug-likeness (QED) is 0.316. The van der Waals surface area contributed by atoms with Gasteiger partial charge in [-0.1, -0.05) is 69.3 Å². The Morgan fingerprint density at radius 2 is 1.49 bits per heavy atom. The number of carbonyl (C=O) groups is 2. The highest BCUT2D eigenvalue weighted by molar-refractivity contribution is 6.38. The Morgan fingerprint density at radius 1 is 0.857 bits per heavy atom. The first-order valence-electron chi connectivity index (χ1n) is 10.8. The lowest BCUT2D eigenvalue weighted by molar-refractivity contribution is -0.274. The molecule has 35 heavy (non-hydrogen) atoms. The van der Waals surface area contributed by atoms with Gasteiger partial charge in [-0.05, 0) is 51.9 Å². The van der Waals surface area contributed by atoms with Gasteiger partial charge in [0.15, 0.2) is 0 Å². The number of hydrogen-bond acceptors (Lipinski definition) is 4. The number of rotatable bonds is 5. The molecule has 5 nitrogen and oxygen atoms in total. The molecular formula is C27H26F3NO4. The summed E-state index contributed by atoms with van der Waals surface area (Å²) < 4.78 is 45.9. The van der Waals surface area contributed by atoms with Gasteiger partial charge >= 0.3 is 18.2 Å². The zero-order valence-electron chi connectivity index (χ0n) is 19.8. The van der Waals surface area contributed by atoms with E-state index in [0.717, 1.165) is 18.2 Å². The van der Waals surface area contributed by atoms with E-state index in [-0.39, 0.29) is 17.7 Å². The van der Waals surface area contributed by atoms with Crippen LogP contribution in [-0.2, 0) is 26.3 Å². The van der Waals surface area contributed by atoms with Crippen molar-refractivity contribution >= 4 is 17.6 Å². The summed E-state index contributed by atoms with van der Waals surface area (Å²) in [7, 11) is 1.14. The molecule has 1 amide bonds. The molecule has 0 aromatic heterocycles. The van der Waals surface area contributed by atoms with E-state index in [2.05, 4.69) is 30.2 Å². The first-order chi connectivity index (χ1) is 16.4. The lowest BCUT2D eigenvalue weighted by Crippen LogP contribution is -2.37. The molecule has 0 spiro atoms. The number of halogens is 3. The third kappa shape index (κ3) is 6.85. The molecule has 0 saturated heterocycles. The predicted octanol–water partition coefficient (Wildman–Crippen LogP) is 6.26. The molecule has 0 heterocycles. The van der Waals surface area contributed by atoms with E-state index in [0.29, 0.717) is 16.8 Å². The van der Waals surface area contributed by atoms with Gasteiger partial charge in [0.25, 0.3) is 0 Å². The topological polar surface area (TPSA) is 55.8 Å². The zero-order chi connectivity index (χ0) is 25.8. The number of anilines is 1. The Bertz CT molecular complexity index is 1180. The van der Waals surface area contributed by atoms with Gasteiger partial charge in [0.1, 0.15) is 5.75 Å². The summed E-state index contributed by atoms with van der Waals surface area (Å²) in [5, 5.41) is 0. The van der Waals surface area contributed by atoms with E-state index < -0.39 is 18.2 Å². The van der Waals surface area contributed by atoms with E-state index in [1.54, 1.807) is 24.3 Å². The minimum atomic E-state index is -4.78. The molecule has 0 N–H and O–H groups in total. The van der Waals surface area contributed by atoms with Gasteiger partial charge in [-0.25, -0.2) is 4.79 Å². The van der Waals surface area contributed by atoms with Crippen LogP contribution in [0.1, 0.15) is 31.9 Å². The van der Waals surface area contributed by atoms with Crippen LogP contribution in [0.3, 0.4) is 0 Å². The monoisotopic (exact) mass is 485 g/mol. The fourth-order valence-electron chi connectivity index (χ4n) is 3.47. The zero-order valence-corrected chi connectivity index (χ0v) is 19.8. The second kappa shape index (κ2) is 10.2. The molecule has 0 atom stereocenters. The van der Waals surface area contributed by atoms with Gasteiger partial charge in [-0.15, -0.1) is 13.2 Å². The van der Waals surface area contributed by atoms with Crippen LogP contribution in [0, 0.1) is 0 Å². The first kappa shape index (κ1) is 25.8. The number of esters is 1. The minimum Gasteiger partial charge on any atom is -0.462 e. The summed E-state index contributed by atoms with van der Waals surface area (Å²) in [5.41, 5.74) is 3.61. The van der Waals surface area contributed by atoms with Crippen molar-refractivity contribution in [1.29, 1.82) is 0 Å². The maximum absolute atomic E-state index is 12.9. The van der Waals surface area contributed by atoms with Gasteiger partial charge < -0.3 is 9.47 Å². The summed E-state index contributed by atoms with van der Waals surface area (Å²) in [6, 6.07) is 20.0. The fourth-order valence-corrected chi connectivity index (χ4v) is 3.47. The maximum atomic E-state index is 12.9. The minimum absolute atomic E-state index is 0.0327. The number of carbonyl (C=O) groups excluding carboxylic acids is 2. The molecule has 3 rings (SSSR count). The molecule has 0 unspecified atom stereocenters. The molecular weight excluding hydrogens is 459 g/mol. The fraction of sp³-hybridized carbons (Fsp3) is 0.259. The molecule has 8 heteroatoms. The van der Waals surface area contributed by atoms with Crippen molar-refractivity contribution in [2.45, 2.75) is 39.1 Å². The molecule has 0 aliphatic carbocycles. The molecule has 0 aliphatic rings. The normalized spacial score (nSPS) is 11.6. The number of hydrogen-bond donors (Lipinski definition) is 0. The lowest BCUT2D eigenvalue weighted by atomic mass is 9.87. The Labute approximate surface area is 202 Å². The lowest BCUT2D eigenvalue weighted by Gasteiger charge is -2.23. The van der Waals surface area contributed by atoms with Gasteiger partial charge in [0.05, 0.1) is 13.7 Å². The first-order valence-corrected chi connectivity index (χ1v) is 10.8. The van der Waals surface area contributed by atoms with Crippen molar-refractivity contribution < 1.29 is 32.2 Å². The maximum Gasteiger partial charge on any atom is 0.573 e. The summed E-state index contributed by atoms with van der Waals surface area (Å²) in [6.45, 7) is 6.42. The van der Waals surface area contributed by atoms with Crippen LogP contribution in [0.25, 0.3) is 11.1 Å². The Kier molecular flexibility index (Phi) is 7.53. The standard InChI is InChI=1S/C27H26F3NO4/c1-26(2,3)21-12-8-18(9-13-21)17-31(24(32)25(33)34-4)22-7-5-6-20(16-22)19-10-14-23(15-11-19)35-27(28,29)30/h5-16H,17H2,1-4H3. The van der Waals surface area contributed by atoms with Gasteiger partial charge in [0, 0.05) is 5.69 Å². The van der Waals surface area contributed by atoms with Crippen molar-refractivity contribution in [3.63, 3.8) is 0 Å². The predicted molar refractivity (Wildman–Crippen MR) is 127 cm³/mol. The molecule has 3 aromatic rings. The number of ether oxygens (including phenoxy) is 2. The van der Waals surface area contributed by atoms with Crippen LogP contribution < -0.4 is 9.64 Å². The smallest absolute Gasteiger partial charge is 0.462 e. The highest BCUT2D eigenvalue weighted by atomic mass is 19.4.